The molecule has 0 saturated carbocycles. The van der Waals surface area contributed by atoms with Gasteiger partial charge in [0.1, 0.15) is 23.8 Å². The second kappa shape index (κ2) is 18.8. The molecule has 3 aromatic carbocycles. The number of aryl methyl sites for hydroxylation is 4. The van der Waals surface area contributed by atoms with Gasteiger partial charge in [0.15, 0.2) is 27.7 Å². The Bertz CT molecular complexity index is 2040. The Morgan fingerprint density at radius 1 is 0.943 bits per heavy atom. The van der Waals surface area contributed by atoms with Crippen molar-refractivity contribution in [1.82, 2.24) is 14.9 Å². The maximum Gasteiger partial charge on any atom is 0.485 e. The maximum atomic E-state index is 10.7. The molecule has 0 atom stereocenters. The average Bonchev–Trinajstić information content (AvgIpc) is 3.73. The topological polar surface area (TPSA) is 169 Å². The third kappa shape index (κ3) is 13.0. The SMILES string of the molecule is COc1cc(-[n+]2cc(CCCC[NH3+])n(C)n2)ccc1-c1nc(CCc2ccc(-c3ccccc3)cc2)cs1.O=C([O-])C(F)(F)F.O=S(=O)([O-])C(F)(F)F. The van der Waals surface area contributed by atoms with Crippen molar-refractivity contribution in [3.63, 3.8) is 0 Å². The van der Waals surface area contributed by atoms with Gasteiger partial charge in [0.05, 0.1) is 30.1 Å². The molecule has 0 radical (unpaired) electrons. The normalized spacial score (nSPS) is 11.6. The van der Waals surface area contributed by atoms with Gasteiger partial charge in [-0.25, -0.2) is 13.4 Å². The van der Waals surface area contributed by atoms with Crippen molar-refractivity contribution in [2.45, 2.75) is 43.8 Å². The molecule has 0 unspecified atom stereocenters. The van der Waals surface area contributed by atoms with Crippen molar-refractivity contribution in [1.29, 1.82) is 0 Å². The van der Waals surface area contributed by atoms with Crippen LogP contribution in [0.2, 0.25) is 0 Å². The molecule has 0 aliphatic heterocycles. The van der Waals surface area contributed by atoms with Gasteiger partial charge in [0, 0.05) is 17.9 Å². The number of nitrogens with zero attached hydrogens (tertiary/aromatic N) is 4. The molecule has 3 N–H and O–H groups in total. The van der Waals surface area contributed by atoms with Gasteiger partial charge < -0.3 is 24.9 Å². The Labute approximate surface area is 305 Å². The van der Waals surface area contributed by atoms with E-state index in [-0.39, 0.29) is 0 Å². The van der Waals surface area contributed by atoms with Crippen molar-refractivity contribution >= 4 is 27.4 Å². The van der Waals surface area contributed by atoms with Gasteiger partial charge in [0.25, 0.3) is 0 Å². The van der Waals surface area contributed by atoms with E-state index in [1.54, 1.807) is 18.4 Å². The first-order chi connectivity index (χ1) is 24.8. The molecule has 0 spiro atoms. The first kappa shape index (κ1) is 42.6. The van der Waals surface area contributed by atoms with Gasteiger partial charge in [-0.05, 0) is 54.5 Å². The second-order valence-corrected chi connectivity index (χ2v) is 13.4. The highest BCUT2D eigenvalue weighted by atomic mass is 32.2. The fourth-order valence-electron chi connectivity index (χ4n) is 4.60. The molecule has 0 aliphatic carbocycles. The molecule has 0 aliphatic rings. The number of halogens is 6. The minimum atomic E-state index is -6.09. The van der Waals surface area contributed by atoms with E-state index in [1.807, 2.05) is 28.5 Å². The number of rotatable bonds is 11. The van der Waals surface area contributed by atoms with Crippen LogP contribution in [0.1, 0.15) is 29.8 Å². The van der Waals surface area contributed by atoms with Crippen LogP contribution in [0.25, 0.3) is 27.4 Å². The number of carbonyl (C=O) groups excluding carboxylic acids is 1. The summed E-state index contributed by atoms with van der Waals surface area (Å²) < 4.78 is 100. The fourth-order valence-corrected chi connectivity index (χ4v) is 5.48. The van der Waals surface area contributed by atoms with Crippen LogP contribution in [0, 0.1) is 0 Å². The van der Waals surface area contributed by atoms with Gasteiger partial charge in [-0.3, -0.25) is 0 Å². The molecule has 0 fully saturated rings. The standard InChI is InChI=1S/C31H34N5OS.C2HF3O2.CHF3O3S/c1-35-28(10-6-7-19-32)21-36(34-35)27-17-18-29(30(20-27)37-2)31-33-26(22-38-31)16-13-23-11-14-25(15-12-23)24-8-4-3-5-9-24;3-2(4,5)1(6)7;2-1(3,4)8(5,6)7/h3-5,8-9,11-12,14-15,17-18,20-22H,6-7,10,13,16,19,32H2,1-2H3;(H,6,7);(H,5,6,7)/q+1;;/p-1. The first-order valence-corrected chi connectivity index (χ1v) is 17.9. The monoisotopic (exact) mass is 787 g/mol. The van der Waals surface area contributed by atoms with E-state index in [4.69, 9.17) is 32.6 Å². The zero-order valence-corrected chi connectivity index (χ0v) is 30.0. The van der Waals surface area contributed by atoms with E-state index in [9.17, 15) is 26.3 Å². The summed E-state index contributed by atoms with van der Waals surface area (Å²) in [5, 5.41) is 16.6. The summed E-state index contributed by atoms with van der Waals surface area (Å²) >= 11 is 1.66. The van der Waals surface area contributed by atoms with Crippen molar-refractivity contribution in [2.75, 3.05) is 13.7 Å². The Balaban J connectivity index is 0.000000424. The summed E-state index contributed by atoms with van der Waals surface area (Å²) in [4.78, 5) is 13.7. The van der Waals surface area contributed by atoms with Gasteiger partial charge in [-0.1, -0.05) is 54.6 Å². The zero-order chi connectivity index (χ0) is 39.4. The lowest BCUT2D eigenvalue weighted by atomic mass is 10.0. The number of unbranched alkanes of at least 4 members (excludes halogenated alkanes) is 1. The van der Waals surface area contributed by atoms with Crippen LogP contribution in [0.15, 0.2) is 84.4 Å². The molecule has 0 saturated heterocycles. The Kier molecular flexibility index (Phi) is 15.1. The number of methoxy groups -OCH3 is 1. The van der Waals surface area contributed by atoms with E-state index >= 15 is 0 Å². The predicted octanol–water partition coefficient (Wildman–Crippen LogP) is 4.20. The molecule has 2 heterocycles. The van der Waals surface area contributed by atoms with E-state index in [1.165, 1.54) is 22.4 Å². The number of thiazole rings is 1. The summed E-state index contributed by atoms with van der Waals surface area (Å²) in [5.41, 5.74) is 6.39. The lowest BCUT2D eigenvalue weighted by molar-refractivity contribution is -0.661. The van der Waals surface area contributed by atoms with Gasteiger partial charge >= 0.3 is 11.7 Å². The molecular weight excluding hydrogens is 753 g/mol. The molecule has 2 aromatic heterocycles. The Morgan fingerprint density at radius 3 is 2.09 bits per heavy atom. The zero-order valence-electron chi connectivity index (χ0n) is 28.4. The highest BCUT2D eigenvalue weighted by Gasteiger charge is 2.37. The van der Waals surface area contributed by atoms with Crippen LogP contribution in [0.3, 0.4) is 0 Å². The largest absolute Gasteiger partial charge is 0.741 e. The van der Waals surface area contributed by atoms with Crippen LogP contribution < -0.4 is 20.3 Å². The minimum absolute atomic E-state index is 0.802. The van der Waals surface area contributed by atoms with Crippen LogP contribution in [-0.4, -0.2) is 59.2 Å². The van der Waals surface area contributed by atoms with Crippen LogP contribution in [0.4, 0.5) is 26.3 Å². The second-order valence-electron chi connectivity index (χ2n) is 11.2. The minimum Gasteiger partial charge on any atom is -0.741 e. The van der Waals surface area contributed by atoms with Gasteiger partial charge in [-0.15, -0.1) is 20.7 Å². The van der Waals surface area contributed by atoms with E-state index in [0.717, 1.165) is 66.4 Å². The lowest BCUT2D eigenvalue weighted by Gasteiger charge is -2.08. The van der Waals surface area contributed by atoms with Gasteiger partial charge in [0.2, 0.25) is 0 Å². The lowest BCUT2D eigenvalue weighted by Crippen LogP contribution is -2.50. The summed E-state index contributed by atoms with van der Waals surface area (Å²) in [6.07, 6.45) is 2.02. The van der Waals surface area contributed by atoms with Crippen LogP contribution in [0.5, 0.6) is 5.75 Å². The highest BCUT2D eigenvalue weighted by molar-refractivity contribution is 7.86. The quantitative estimate of drug-likeness (QED) is 0.0684. The number of hydrogen-bond donors (Lipinski definition) is 1. The molecule has 0 bridgehead atoms. The number of benzene rings is 3. The van der Waals surface area contributed by atoms with Crippen LogP contribution in [-0.2, 0) is 41.2 Å². The third-order valence-corrected chi connectivity index (χ3v) is 8.82. The number of ether oxygens (including phenoxy) is 1. The van der Waals surface area contributed by atoms with E-state index in [2.05, 4.69) is 83.2 Å². The highest BCUT2D eigenvalue weighted by Crippen LogP contribution is 2.33. The third-order valence-electron chi connectivity index (χ3n) is 7.33. The van der Waals surface area contributed by atoms with Crippen molar-refractivity contribution in [3.8, 4) is 33.1 Å². The molecule has 11 nitrogen and oxygen atoms in total. The number of carbonyl (C=O) groups is 1. The number of hydrogen-bond acceptors (Lipinski definition) is 9. The Morgan fingerprint density at radius 2 is 1.55 bits per heavy atom. The number of alkyl halides is 6. The molecule has 5 rings (SSSR count). The number of aromatic nitrogens is 4. The summed E-state index contributed by atoms with van der Waals surface area (Å²) in [6, 6.07) is 25.5. The Hall–Kier alpha value is -4.85. The number of carboxylic acid groups (broad SMARTS) is 1. The summed E-state index contributed by atoms with van der Waals surface area (Å²) in [7, 11) is -2.38. The summed E-state index contributed by atoms with van der Waals surface area (Å²) in [6.45, 7) is 0.969. The van der Waals surface area contributed by atoms with Crippen molar-refractivity contribution < 1.29 is 64.4 Å². The first-order valence-electron chi connectivity index (χ1n) is 15.7. The van der Waals surface area contributed by atoms with Gasteiger partial charge in [-0.2, -0.15) is 26.3 Å². The fraction of sp³-hybridized carbons (Fsp3) is 0.294. The maximum absolute atomic E-state index is 10.7. The molecule has 53 heavy (non-hydrogen) atoms. The van der Waals surface area contributed by atoms with Crippen LogP contribution >= 0.6 is 11.3 Å². The van der Waals surface area contributed by atoms with Crippen molar-refractivity contribution in [2.24, 2.45) is 7.05 Å². The number of aliphatic carboxylic acids is 1. The molecular formula is C34H35F6N5O6S2. The average molecular weight is 788 g/mol. The smallest absolute Gasteiger partial charge is 0.485 e. The molecule has 5 aromatic rings. The molecule has 0 amide bonds. The van der Waals surface area contributed by atoms with E-state index < -0.39 is 27.8 Å². The predicted molar refractivity (Wildman–Crippen MR) is 179 cm³/mol. The van der Waals surface area contributed by atoms with E-state index in [0.29, 0.717) is 0 Å². The number of carboxylic acids is 1. The molecule has 19 heteroatoms. The number of quaternary nitrogens is 1. The van der Waals surface area contributed by atoms with Crippen molar-refractivity contribution in [3.05, 3.63) is 101 Å². The summed E-state index contributed by atoms with van der Waals surface area (Å²) in [5.74, 6) is -2.20. The molecule has 286 valence electrons.